The maximum Gasteiger partial charge on any atom is 0.221 e. The molecule has 0 aliphatic heterocycles. The number of benzene rings is 1. The fourth-order valence-electron chi connectivity index (χ4n) is 1.70. The number of halogens is 2. The molecule has 3 N–H and O–H groups in total. The van der Waals surface area contributed by atoms with Crippen LogP contribution in [0.5, 0.6) is 0 Å². The number of rotatable bonds is 6. The van der Waals surface area contributed by atoms with E-state index in [0.717, 1.165) is 10.6 Å². The van der Waals surface area contributed by atoms with Crippen molar-refractivity contribution in [2.75, 3.05) is 13.6 Å². The number of nitrogens with one attached hydrogen (secondary N) is 3. The van der Waals surface area contributed by atoms with Crippen molar-refractivity contribution in [3.05, 3.63) is 34.9 Å². The average molecular weight is 439 g/mol. The molecule has 124 valence electrons. The predicted molar refractivity (Wildman–Crippen MR) is 103 cm³/mol. The number of aliphatic imine (C=N–C) groups is 1. The Morgan fingerprint density at radius 1 is 1.23 bits per heavy atom. The summed E-state index contributed by atoms with van der Waals surface area (Å²) >= 11 is 5.84. The highest BCUT2D eigenvalue weighted by molar-refractivity contribution is 14.0. The number of amides is 1. The first-order chi connectivity index (χ1) is 10.0. The number of hydrogen-bond acceptors (Lipinski definition) is 2. The van der Waals surface area contributed by atoms with Gasteiger partial charge in [0.15, 0.2) is 5.96 Å². The Hall–Kier alpha value is -1.02. The molecule has 0 heterocycles. The van der Waals surface area contributed by atoms with Gasteiger partial charge in [-0.05, 0) is 31.5 Å². The van der Waals surface area contributed by atoms with E-state index < -0.39 is 0 Å². The third kappa shape index (κ3) is 9.09. The van der Waals surface area contributed by atoms with E-state index in [-0.39, 0.29) is 35.9 Å². The van der Waals surface area contributed by atoms with Crippen LogP contribution in [0.2, 0.25) is 5.02 Å². The van der Waals surface area contributed by atoms with E-state index in [1.807, 2.05) is 38.1 Å². The first-order valence-electron chi connectivity index (χ1n) is 6.99. The van der Waals surface area contributed by atoms with Gasteiger partial charge in [0.1, 0.15) is 0 Å². The maximum atomic E-state index is 11.5. The molecule has 22 heavy (non-hydrogen) atoms. The maximum absolute atomic E-state index is 11.5. The summed E-state index contributed by atoms with van der Waals surface area (Å²) in [6, 6.07) is 7.78. The van der Waals surface area contributed by atoms with Gasteiger partial charge in [-0.2, -0.15) is 0 Å². The van der Waals surface area contributed by atoms with Gasteiger partial charge in [0, 0.05) is 37.6 Å². The Labute approximate surface area is 154 Å². The average Bonchev–Trinajstić information content (AvgIpc) is 2.43. The van der Waals surface area contributed by atoms with Gasteiger partial charge in [-0.25, -0.2) is 0 Å². The van der Waals surface area contributed by atoms with E-state index in [0.29, 0.717) is 25.5 Å². The molecule has 0 bridgehead atoms. The first kappa shape index (κ1) is 21.0. The van der Waals surface area contributed by atoms with Gasteiger partial charge < -0.3 is 16.0 Å². The summed E-state index contributed by atoms with van der Waals surface area (Å²) in [6.07, 6.45) is 0.416. The molecule has 0 aromatic heterocycles. The summed E-state index contributed by atoms with van der Waals surface area (Å²) in [5.74, 6) is 0.702. The lowest BCUT2D eigenvalue weighted by molar-refractivity contribution is -0.121. The molecule has 0 aliphatic carbocycles. The summed E-state index contributed by atoms with van der Waals surface area (Å²) in [5.41, 5.74) is 1.11. The van der Waals surface area contributed by atoms with Crippen LogP contribution in [0.1, 0.15) is 25.8 Å². The van der Waals surface area contributed by atoms with E-state index in [1.54, 1.807) is 7.05 Å². The third-order valence-electron chi connectivity index (χ3n) is 2.69. The van der Waals surface area contributed by atoms with E-state index in [2.05, 4.69) is 20.9 Å². The fourth-order valence-corrected chi connectivity index (χ4v) is 1.82. The monoisotopic (exact) mass is 438 g/mol. The van der Waals surface area contributed by atoms with Crippen LogP contribution < -0.4 is 16.0 Å². The van der Waals surface area contributed by atoms with Gasteiger partial charge in [-0.1, -0.05) is 23.7 Å². The molecule has 0 aliphatic rings. The van der Waals surface area contributed by atoms with Crippen molar-refractivity contribution in [1.82, 2.24) is 16.0 Å². The highest BCUT2D eigenvalue weighted by Gasteiger charge is 2.04. The lowest BCUT2D eigenvalue weighted by Crippen LogP contribution is -2.39. The van der Waals surface area contributed by atoms with E-state index in [1.165, 1.54) is 0 Å². The molecule has 7 heteroatoms. The van der Waals surface area contributed by atoms with Crippen LogP contribution in [0.3, 0.4) is 0 Å². The molecule has 1 rings (SSSR count). The molecular weight excluding hydrogens is 415 g/mol. The topological polar surface area (TPSA) is 65.5 Å². The Morgan fingerprint density at radius 2 is 1.86 bits per heavy atom. The SMILES string of the molecule is CN=C(NCCC(=O)NC(C)C)NCc1ccc(Cl)cc1.I. The summed E-state index contributed by atoms with van der Waals surface area (Å²) in [6.45, 7) is 5.07. The van der Waals surface area contributed by atoms with Crippen LogP contribution in [-0.4, -0.2) is 31.5 Å². The Kier molecular flexibility index (Phi) is 11.0. The van der Waals surface area contributed by atoms with Crippen molar-refractivity contribution >= 4 is 47.4 Å². The van der Waals surface area contributed by atoms with E-state index in [4.69, 9.17) is 11.6 Å². The second-order valence-electron chi connectivity index (χ2n) is 4.95. The van der Waals surface area contributed by atoms with Crippen molar-refractivity contribution in [3.63, 3.8) is 0 Å². The van der Waals surface area contributed by atoms with Crippen LogP contribution in [0, 0.1) is 0 Å². The summed E-state index contributed by atoms with van der Waals surface area (Å²) in [7, 11) is 1.70. The second-order valence-corrected chi connectivity index (χ2v) is 5.39. The quantitative estimate of drug-likeness (QED) is 0.363. The summed E-state index contributed by atoms with van der Waals surface area (Å²) in [5, 5.41) is 9.86. The van der Waals surface area contributed by atoms with Gasteiger partial charge in [0.05, 0.1) is 0 Å². The summed E-state index contributed by atoms with van der Waals surface area (Å²) in [4.78, 5) is 15.6. The van der Waals surface area contributed by atoms with E-state index >= 15 is 0 Å². The minimum atomic E-state index is 0. The van der Waals surface area contributed by atoms with Crippen molar-refractivity contribution in [3.8, 4) is 0 Å². The number of carbonyl (C=O) groups is 1. The largest absolute Gasteiger partial charge is 0.356 e. The van der Waals surface area contributed by atoms with Crippen LogP contribution in [-0.2, 0) is 11.3 Å². The van der Waals surface area contributed by atoms with Crippen molar-refractivity contribution in [2.45, 2.75) is 32.9 Å². The third-order valence-corrected chi connectivity index (χ3v) is 2.94. The molecule has 0 atom stereocenters. The highest BCUT2D eigenvalue weighted by Crippen LogP contribution is 2.08. The van der Waals surface area contributed by atoms with Crippen molar-refractivity contribution < 1.29 is 4.79 Å². The van der Waals surface area contributed by atoms with Gasteiger partial charge in [0.2, 0.25) is 5.91 Å². The zero-order valence-electron chi connectivity index (χ0n) is 13.1. The molecule has 0 fully saturated rings. The minimum absolute atomic E-state index is 0. The zero-order chi connectivity index (χ0) is 15.7. The molecule has 5 nitrogen and oxygen atoms in total. The Bertz CT molecular complexity index is 477. The molecule has 0 unspecified atom stereocenters. The van der Waals surface area contributed by atoms with Crippen LogP contribution in [0.15, 0.2) is 29.3 Å². The molecule has 0 saturated heterocycles. The minimum Gasteiger partial charge on any atom is -0.356 e. The lowest BCUT2D eigenvalue weighted by Gasteiger charge is -2.12. The first-order valence-corrected chi connectivity index (χ1v) is 7.37. The number of guanidine groups is 1. The lowest BCUT2D eigenvalue weighted by atomic mass is 10.2. The fraction of sp³-hybridized carbons (Fsp3) is 0.467. The zero-order valence-corrected chi connectivity index (χ0v) is 16.2. The number of nitrogens with zero attached hydrogens (tertiary/aromatic N) is 1. The molecule has 1 amide bonds. The van der Waals surface area contributed by atoms with Crippen LogP contribution >= 0.6 is 35.6 Å². The smallest absolute Gasteiger partial charge is 0.221 e. The molecule has 0 spiro atoms. The normalized spacial score (nSPS) is 10.9. The number of carbonyl (C=O) groups excluding carboxylic acids is 1. The predicted octanol–water partition coefficient (Wildman–Crippen LogP) is 2.54. The van der Waals surface area contributed by atoms with Gasteiger partial charge in [-0.3, -0.25) is 9.79 Å². The van der Waals surface area contributed by atoms with Crippen LogP contribution in [0.25, 0.3) is 0 Å². The standard InChI is InChI=1S/C15H23ClN4O.HI/c1-11(2)20-14(21)8-9-18-15(17-3)19-10-12-4-6-13(16)7-5-12;/h4-7,11H,8-10H2,1-3H3,(H,20,21)(H2,17,18,19);1H. The van der Waals surface area contributed by atoms with E-state index in [9.17, 15) is 4.79 Å². The van der Waals surface area contributed by atoms with Gasteiger partial charge in [0.25, 0.3) is 0 Å². The number of hydrogen-bond donors (Lipinski definition) is 3. The highest BCUT2D eigenvalue weighted by atomic mass is 127. The van der Waals surface area contributed by atoms with Crippen molar-refractivity contribution in [1.29, 1.82) is 0 Å². The van der Waals surface area contributed by atoms with Crippen molar-refractivity contribution in [2.24, 2.45) is 4.99 Å². The molecule has 0 radical (unpaired) electrons. The van der Waals surface area contributed by atoms with Gasteiger partial charge >= 0.3 is 0 Å². The summed E-state index contributed by atoms with van der Waals surface area (Å²) < 4.78 is 0. The molecule has 1 aromatic rings. The Balaban J connectivity index is 0.00000441. The molecule has 1 aromatic carbocycles. The molecule has 0 saturated carbocycles. The van der Waals surface area contributed by atoms with Gasteiger partial charge in [-0.15, -0.1) is 24.0 Å². The second kappa shape index (κ2) is 11.5. The molecular formula is C15H24ClIN4O. The Morgan fingerprint density at radius 3 is 2.41 bits per heavy atom. The van der Waals surface area contributed by atoms with Crippen LogP contribution in [0.4, 0.5) is 0 Å².